The van der Waals surface area contributed by atoms with E-state index in [4.69, 9.17) is 5.11 Å². The van der Waals surface area contributed by atoms with E-state index in [1.165, 1.54) is 22.1 Å². The zero-order valence-electron chi connectivity index (χ0n) is 9.40. The molecule has 0 saturated carbocycles. The molecule has 1 aromatic heterocycles. The summed E-state index contributed by atoms with van der Waals surface area (Å²) in [4.78, 5) is 24.1. The smallest absolute Gasteiger partial charge is 0.353 e. The fourth-order valence-corrected chi connectivity index (χ4v) is 3.08. The van der Waals surface area contributed by atoms with Crippen molar-refractivity contribution in [2.24, 2.45) is 7.05 Å². The van der Waals surface area contributed by atoms with Crippen molar-refractivity contribution >= 4 is 29.7 Å². The Hall–Kier alpha value is -2.02. The highest BCUT2D eigenvalue weighted by atomic mass is 32.2. The second-order valence-electron chi connectivity index (χ2n) is 4.02. The van der Waals surface area contributed by atoms with E-state index in [0.29, 0.717) is 5.57 Å². The molecular weight excluding hydrogens is 254 g/mol. The molecule has 1 unspecified atom stereocenters. The second kappa shape index (κ2) is 3.74. The predicted molar refractivity (Wildman–Crippen MR) is 65.1 cm³/mol. The number of fused-ring (bicyclic) bond motifs is 1. The van der Waals surface area contributed by atoms with Crippen LogP contribution in [-0.4, -0.2) is 37.0 Å². The molecule has 1 N–H and O–H groups in total. The van der Waals surface area contributed by atoms with E-state index in [1.54, 1.807) is 30.2 Å². The number of hydrogen-bond donors (Lipinski definition) is 1. The third kappa shape index (κ3) is 1.47. The summed E-state index contributed by atoms with van der Waals surface area (Å²) in [5, 5.41) is 14.2. The number of aromatic nitrogens is 2. The van der Waals surface area contributed by atoms with Gasteiger partial charge in [-0.15, -0.1) is 11.8 Å². The van der Waals surface area contributed by atoms with Gasteiger partial charge < -0.3 is 5.11 Å². The van der Waals surface area contributed by atoms with Crippen LogP contribution in [-0.2, 0) is 16.6 Å². The lowest BCUT2D eigenvalue weighted by Gasteiger charge is -2.37. The molecule has 2 aliphatic heterocycles. The third-order valence-electron chi connectivity index (χ3n) is 2.80. The van der Waals surface area contributed by atoms with Gasteiger partial charge in [0.15, 0.2) is 0 Å². The summed E-state index contributed by atoms with van der Waals surface area (Å²) in [7, 11) is 1.80. The first-order valence-corrected chi connectivity index (χ1v) is 6.15. The van der Waals surface area contributed by atoms with Gasteiger partial charge in [-0.05, 0) is 6.08 Å². The van der Waals surface area contributed by atoms with Gasteiger partial charge in [0.25, 0.3) is 5.91 Å². The number of nitrogens with zero attached hydrogens (tertiary/aromatic N) is 3. The Labute approximate surface area is 107 Å². The Morgan fingerprint density at radius 2 is 2.39 bits per heavy atom. The van der Waals surface area contributed by atoms with Gasteiger partial charge in [-0.1, -0.05) is 0 Å². The monoisotopic (exact) mass is 263 g/mol. The van der Waals surface area contributed by atoms with Crippen LogP contribution in [0.1, 0.15) is 5.56 Å². The number of carboxylic acid groups (broad SMARTS) is 1. The summed E-state index contributed by atoms with van der Waals surface area (Å²) in [6, 6.07) is 0. The number of hydrogen-bond acceptors (Lipinski definition) is 4. The molecule has 0 bridgehead atoms. The molecular formula is C11H9N3O3S. The van der Waals surface area contributed by atoms with E-state index >= 15 is 0 Å². The lowest BCUT2D eigenvalue weighted by atomic mass is 10.0. The van der Waals surface area contributed by atoms with Crippen molar-refractivity contribution in [3.8, 4) is 0 Å². The molecule has 3 rings (SSSR count). The number of carboxylic acids is 1. The standard InChI is InChI=1S/C11H9N3O3S/c1-13-4-6(3-12-13)2-7-9(15)14-8(11(16)17)5-18-10(7)14/h2-5,10H,1H3,(H,16,17)/b7-2-. The van der Waals surface area contributed by atoms with Crippen molar-refractivity contribution in [3.05, 3.63) is 34.6 Å². The van der Waals surface area contributed by atoms with E-state index in [9.17, 15) is 9.59 Å². The molecule has 1 fully saturated rings. The van der Waals surface area contributed by atoms with Gasteiger partial charge in [0, 0.05) is 24.2 Å². The second-order valence-corrected chi connectivity index (χ2v) is 4.97. The number of thioether (sulfide) groups is 1. The maximum Gasteiger partial charge on any atom is 0.353 e. The van der Waals surface area contributed by atoms with E-state index in [2.05, 4.69) is 5.10 Å². The minimum atomic E-state index is -1.07. The van der Waals surface area contributed by atoms with Crippen LogP contribution in [0.4, 0.5) is 0 Å². The number of β-lactam (4-membered cyclic amide) rings is 1. The van der Waals surface area contributed by atoms with Gasteiger partial charge in [-0.2, -0.15) is 5.10 Å². The maximum atomic E-state index is 11.9. The van der Waals surface area contributed by atoms with Crippen LogP contribution in [0.5, 0.6) is 0 Å². The number of amides is 1. The molecule has 2 aliphatic rings. The largest absolute Gasteiger partial charge is 0.477 e. The van der Waals surface area contributed by atoms with Crippen molar-refractivity contribution in [3.63, 3.8) is 0 Å². The Bertz CT molecular complexity index is 617. The third-order valence-corrected chi connectivity index (χ3v) is 3.88. The molecule has 1 amide bonds. The molecule has 0 radical (unpaired) electrons. The maximum absolute atomic E-state index is 11.9. The Balaban J connectivity index is 1.86. The molecule has 0 spiro atoms. The summed E-state index contributed by atoms with van der Waals surface area (Å²) in [6.07, 6.45) is 5.21. The number of aryl methyl sites for hydroxylation is 1. The molecule has 0 aromatic carbocycles. The van der Waals surface area contributed by atoms with Crippen LogP contribution in [0.3, 0.4) is 0 Å². The van der Waals surface area contributed by atoms with E-state index in [0.717, 1.165) is 5.56 Å². The first-order valence-electron chi connectivity index (χ1n) is 5.20. The van der Waals surface area contributed by atoms with Crippen LogP contribution < -0.4 is 0 Å². The summed E-state index contributed by atoms with van der Waals surface area (Å²) >= 11 is 1.33. The van der Waals surface area contributed by atoms with E-state index in [1.807, 2.05) is 0 Å². The van der Waals surface area contributed by atoms with Gasteiger partial charge in [-0.3, -0.25) is 14.4 Å². The molecule has 1 atom stereocenters. The van der Waals surface area contributed by atoms with E-state index in [-0.39, 0.29) is 17.0 Å². The highest BCUT2D eigenvalue weighted by Gasteiger charge is 2.49. The average molecular weight is 263 g/mol. The van der Waals surface area contributed by atoms with E-state index < -0.39 is 5.97 Å². The topological polar surface area (TPSA) is 75.4 Å². The summed E-state index contributed by atoms with van der Waals surface area (Å²) in [5.74, 6) is -1.32. The van der Waals surface area contributed by atoms with Crippen molar-refractivity contribution in [1.82, 2.24) is 14.7 Å². The van der Waals surface area contributed by atoms with Crippen LogP contribution >= 0.6 is 11.8 Å². The highest BCUT2D eigenvalue weighted by Crippen LogP contribution is 2.44. The average Bonchev–Trinajstić information content (AvgIpc) is 2.89. The van der Waals surface area contributed by atoms with Crippen LogP contribution in [0.25, 0.3) is 6.08 Å². The van der Waals surface area contributed by atoms with Gasteiger partial charge in [0.1, 0.15) is 11.1 Å². The van der Waals surface area contributed by atoms with Crippen molar-refractivity contribution in [1.29, 1.82) is 0 Å². The number of carbonyl (C=O) groups is 2. The molecule has 92 valence electrons. The Morgan fingerprint density at radius 3 is 3.00 bits per heavy atom. The summed E-state index contributed by atoms with van der Waals surface area (Å²) in [5.41, 5.74) is 1.50. The van der Waals surface area contributed by atoms with Crippen LogP contribution in [0.2, 0.25) is 0 Å². The van der Waals surface area contributed by atoms with Crippen molar-refractivity contribution < 1.29 is 14.7 Å². The molecule has 6 nitrogen and oxygen atoms in total. The quantitative estimate of drug-likeness (QED) is 0.626. The Morgan fingerprint density at radius 1 is 1.61 bits per heavy atom. The zero-order chi connectivity index (χ0) is 12.9. The van der Waals surface area contributed by atoms with Crippen LogP contribution in [0.15, 0.2) is 29.1 Å². The molecule has 0 aliphatic carbocycles. The summed E-state index contributed by atoms with van der Waals surface area (Å²) < 4.78 is 1.65. The first kappa shape index (κ1) is 11.1. The molecule has 7 heteroatoms. The molecule has 1 aromatic rings. The number of aliphatic carboxylic acids is 1. The SMILES string of the molecule is Cn1cc(/C=C2/C(=O)N3C(C(=O)O)=CSC23)cn1. The normalized spacial score (nSPS) is 23.9. The van der Waals surface area contributed by atoms with Gasteiger partial charge >= 0.3 is 5.97 Å². The van der Waals surface area contributed by atoms with Crippen molar-refractivity contribution in [2.75, 3.05) is 0 Å². The number of rotatable bonds is 2. The first-order chi connectivity index (χ1) is 8.58. The van der Waals surface area contributed by atoms with Gasteiger partial charge in [-0.25, -0.2) is 4.79 Å². The fraction of sp³-hybridized carbons (Fsp3) is 0.182. The minimum Gasteiger partial charge on any atom is -0.477 e. The highest BCUT2D eigenvalue weighted by molar-refractivity contribution is 8.03. The lowest BCUT2D eigenvalue weighted by Crippen LogP contribution is -2.51. The fourth-order valence-electron chi connectivity index (χ4n) is 1.96. The molecule has 3 heterocycles. The number of carbonyl (C=O) groups excluding carboxylic acids is 1. The zero-order valence-corrected chi connectivity index (χ0v) is 10.2. The summed E-state index contributed by atoms with van der Waals surface area (Å²) in [6.45, 7) is 0. The van der Waals surface area contributed by atoms with Gasteiger partial charge in [0.05, 0.1) is 11.8 Å². The van der Waals surface area contributed by atoms with Gasteiger partial charge in [0.2, 0.25) is 0 Å². The molecule has 18 heavy (non-hydrogen) atoms. The van der Waals surface area contributed by atoms with Crippen molar-refractivity contribution in [2.45, 2.75) is 5.37 Å². The predicted octanol–water partition coefficient (Wildman–Crippen LogP) is 0.645. The Kier molecular flexibility index (Phi) is 2.30. The minimum absolute atomic E-state index is 0.0540. The molecule has 1 saturated heterocycles. The lowest BCUT2D eigenvalue weighted by molar-refractivity contribution is -0.141. The van der Waals surface area contributed by atoms with Crippen LogP contribution in [0, 0.1) is 0 Å².